The molecule has 4 nitrogen and oxygen atoms in total. The molecule has 0 bridgehead atoms. The monoisotopic (exact) mass is 294 g/mol. The number of hydrogen-bond acceptors (Lipinski definition) is 4. The molecule has 0 aliphatic heterocycles. The van der Waals surface area contributed by atoms with Crippen LogP contribution < -0.4 is 11.1 Å². The third kappa shape index (κ3) is 2.79. The third-order valence-corrected chi connectivity index (χ3v) is 4.26. The summed E-state index contributed by atoms with van der Waals surface area (Å²) in [7, 11) is 1.90. The van der Waals surface area contributed by atoms with Crippen molar-refractivity contribution < 1.29 is 0 Å². The van der Waals surface area contributed by atoms with Gasteiger partial charge in [-0.25, -0.2) is 0 Å². The smallest absolute Gasteiger partial charge is 0.135 e. The van der Waals surface area contributed by atoms with Gasteiger partial charge in [-0.3, -0.25) is 4.68 Å². The quantitative estimate of drug-likeness (QED) is 0.832. The highest BCUT2D eigenvalue weighted by molar-refractivity contribution is 7.80. The summed E-state index contributed by atoms with van der Waals surface area (Å²) in [6.07, 6.45) is 0.988. The second kappa shape index (κ2) is 5.71. The van der Waals surface area contributed by atoms with E-state index in [1.807, 2.05) is 14.0 Å². The molecule has 2 aromatic rings. The highest BCUT2D eigenvalue weighted by atomic mass is 32.1. The van der Waals surface area contributed by atoms with Crippen molar-refractivity contribution in [2.45, 2.75) is 26.3 Å². The van der Waals surface area contributed by atoms with Crippen molar-refractivity contribution in [3.63, 3.8) is 0 Å². The Bertz CT molecular complexity index is 572. The molecule has 0 spiro atoms. The zero-order valence-electron chi connectivity index (χ0n) is 11.3. The van der Waals surface area contributed by atoms with Crippen LogP contribution >= 0.6 is 23.6 Å². The lowest BCUT2D eigenvalue weighted by Crippen LogP contribution is -2.17. The van der Waals surface area contributed by atoms with Crippen LogP contribution in [0.4, 0.5) is 5.82 Å². The molecule has 0 aliphatic carbocycles. The van der Waals surface area contributed by atoms with Gasteiger partial charge in [-0.15, -0.1) is 11.3 Å². The molecule has 2 rings (SSSR count). The molecule has 6 heteroatoms. The standard InChI is InChI=1S/C13H18N4S2/c1-4-9(10-6-5-7-19-10)15-13-11(12(14)18)8(2)16-17(13)3/h5-7,9,15H,4H2,1-3H3,(H2,14,18). The Balaban J connectivity index is 2.35. The van der Waals surface area contributed by atoms with E-state index < -0.39 is 0 Å². The molecule has 0 saturated carbocycles. The SMILES string of the molecule is CCC(Nc1c(C(N)=S)c(C)nn1C)c1cccs1. The van der Waals surface area contributed by atoms with Crippen molar-refractivity contribution in [3.05, 3.63) is 33.6 Å². The Kier molecular flexibility index (Phi) is 4.21. The van der Waals surface area contributed by atoms with Gasteiger partial charge in [0.05, 0.1) is 17.3 Å². The van der Waals surface area contributed by atoms with Gasteiger partial charge in [0.25, 0.3) is 0 Å². The van der Waals surface area contributed by atoms with Crippen LogP contribution in [0.1, 0.15) is 35.5 Å². The maximum Gasteiger partial charge on any atom is 0.135 e. The molecule has 0 amide bonds. The first-order valence-electron chi connectivity index (χ1n) is 6.18. The number of thiocarbonyl (C=S) groups is 1. The van der Waals surface area contributed by atoms with Gasteiger partial charge in [0.2, 0.25) is 0 Å². The fourth-order valence-electron chi connectivity index (χ4n) is 2.15. The lowest BCUT2D eigenvalue weighted by molar-refractivity contribution is 0.712. The van der Waals surface area contributed by atoms with E-state index in [1.54, 1.807) is 16.0 Å². The van der Waals surface area contributed by atoms with Gasteiger partial charge in [-0.1, -0.05) is 25.2 Å². The van der Waals surface area contributed by atoms with Gasteiger partial charge in [0.1, 0.15) is 10.8 Å². The zero-order chi connectivity index (χ0) is 14.0. The lowest BCUT2D eigenvalue weighted by Gasteiger charge is -2.18. The number of aromatic nitrogens is 2. The molecular weight excluding hydrogens is 276 g/mol. The topological polar surface area (TPSA) is 55.9 Å². The normalized spacial score (nSPS) is 12.4. The Morgan fingerprint density at radius 3 is 2.89 bits per heavy atom. The fourth-order valence-corrected chi connectivity index (χ4v) is 3.25. The molecule has 0 radical (unpaired) electrons. The van der Waals surface area contributed by atoms with Crippen molar-refractivity contribution in [3.8, 4) is 0 Å². The Hall–Kier alpha value is -1.40. The number of nitrogens with one attached hydrogen (secondary N) is 1. The molecule has 0 fully saturated rings. The van der Waals surface area contributed by atoms with Gasteiger partial charge in [-0.2, -0.15) is 5.10 Å². The van der Waals surface area contributed by atoms with E-state index in [0.29, 0.717) is 4.99 Å². The number of nitrogens with two attached hydrogens (primary N) is 1. The maximum absolute atomic E-state index is 5.81. The van der Waals surface area contributed by atoms with E-state index in [1.165, 1.54) is 4.88 Å². The van der Waals surface area contributed by atoms with Crippen molar-refractivity contribution in [2.75, 3.05) is 5.32 Å². The second-order valence-electron chi connectivity index (χ2n) is 4.42. The van der Waals surface area contributed by atoms with Crippen molar-refractivity contribution in [1.29, 1.82) is 0 Å². The van der Waals surface area contributed by atoms with Crippen LogP contribution in [0.15, 0.2) is 17.5 Å². The number of hydrogen-bond donors (Lipinski definition) is 2. The summed E-state index contributed by atoms with van der Waals surface area (Å²) >= 11 is 6.87. The summed E-state index contributed by atoms with van der Waals surface area (Å²) in [5, 5.41) is 9.99. The molecule has 0 saturated heterocycles. The van der Waals surface area contributed by atoms with Gasteiger partial charge in [0, 0.05) is 11.9 Å². The van der Waals surface area contributed by atoms with Crippen LogP contribution in [0, 0.1) is 6.92 Å². The first kappa shape index (κ1) is 14.0. The molecule has 19 heavy (non-hydrogen) atoms. The number of thiophene rings is 1. The largest absolute Gasteiger partial charge is 0.389 e. The van der Waals surface area contributed by atoms with E-state index in [9.17, 15) is 0 Å². The van der Waals surface area contributed by atoms with Crippen molar-refractivity contribution >= 4 is 34.4 Å². The second-order valence-corrected chi connectivity index (χ2v) is 5.84. The van der Waals surface area contributed by atoms with Gasteiger partial charge >= 0.3 is 0 Å². The number of rotatable bonds is 5. The number of anilines is 1. The molecule has 2 aromatic heterocycles. The summed E-state index contributed by atoms with van der Waals surface area (Å²) in [5.41, 5.74) is 7.51. The van der Waals surface area contributed by atoms with E-state index in [0.717, 1.165) is 23.5 Å². The lowest BCUT2D eigenvalue weighted by atomic mass is 10.1. The Morgan fingerprint density at radius 2 is 2.37 bits per heavy atom. The Labute approximate surface area is 122 Å². The van der Waals surface area contributed by atoms with E-state index >= 15 is 0 Å². The van der Waals surface area contributed by atoms with E-state index in [2.05, 4.69) is 34.9 Å². The van der Waals surface area contributed by atoms with Crippen LogP contribution in [0.3, 0.4) is 0 Å². The summed E-state index contributed by atoms with van der Waals surface area (Å²) < 4.78 is 1.81. The first-order valence-corrected chi connectivity index (χ1v) is 7.46. The van der Waals surface area contributed by atoms with Crippen LogP contribution in [0.2, 0.25) is 0 Å². The van der Waals surface area contributed by atoms with Gasteiger partial charge in [0.15, 0.2) is 0 Å². The minimum absolute atomic E-state index is 0.253. The average molecular weight is 294 g/mol. The van der Waals surface area contributed by atoms with Crippen LogP contribution in [0.25, 0.3) is 0 Å². The molecule has 1 atom stereocenters. The summed E-state index contributed by atoms with van der Waals surface area (Å²) in [4.78, 5) is 1.68. The fraction of sp³-hybridized carbons (Fsp3) is 0.385. The van der Waals surface area contributed by atoms with Crippen LogP contribution in [-0.4, -0.2) is 14.8 Å². The van der Waals surface area contributed by atoms with E-state index in [4.69, 9.17) is 18.0 Å². The maximum atomic E-state index is 5.81. The van der Waals surface area contributed by atoms with Crippen molar-refractivity contribution in [2.24, 2.45) is 12.8 Å². The molecule has 0 aliphatic rings. The summed E-state index contributed by atoms with van der Waals surface area (Å²) in [6, 6.07) is 4.45. The van der Waals surface area contributed by atoms with Crippen LogP contribution in [-0.2, 0) is 7.05 Å². The van der Waals surface area contributed by atoms with Crippen LogP contribution in [0.5, 0.6) is 0 Å². The minimum atomic E-state index is 0.253. The molecule has 2 heterocycles. The summed E-state index contributed by atoms with van der Waals surface area (Å²) in [5.74, 6) is 0.894. The summed E-state index contributed by atoms with van der Waals surface area (Å²) in [6.45, 7) is 4.08. The number of nitrogens with zero attached hydrogens (tertiary/aromatic N) is 2. The third-order valence-electron chi connectivity index (χ3n) is 3.07. The molecule has 1 unspecified atom stereocenters. The highest BCUT2D eigenvalue weighted by Crippen LogP contribution is 2.28. The first-order chi connectivity index (χ1) is 9.04. The molecule has 102 valence electrons. The predicted molar refractivity (Wildman–Crippen MR) is 84.8 cm³/mol. The van der Waals surface area contributed by atoms with E-state index in [-0.39, 0.29) is 6.04 Å². The highest BCUT2D eigenvalue weighted by Gasteiger charge is 2.19. The molecule has 3 N–H and O–H groups in total. The number of aryl methyl sites for hydroxylation is 2. The molecule has 0 aromatic carbocycles. The zero-order valence-corrected chi connectivity index (χ0v) is 12.9. The van der Waals surface area contributed by atoms with Crippen molar-refractivity contribution in [1.82, 2.24) is 9.78 Å². The Morgan fingerprint density at radius 1 is 1.63 bits per heavy atom. The predicted octanol–water partition coefficient (Wildman–Crippen LogP) is 2.99. The average Bonchev–Trinajstić information content (AvgIpc) is 2.94. The van der Waals surface area contributed by atoms with Gasteiger partial charge in [-0.05, 0) is 24.8 Å². The molecular formula is C13H18N4S2. The van der Waals surface area contributed by atoms with Gasteiger partial charge < -0.3 is 11.1 Å². The minimum Gasteiger partial charge on any atom is -0.389 e.